The van der Waals surface area contributed by atoms with E-state index in [-0.39, 0.29) is 11.7 Å². The zero-order chi connectivity index (χ0) is 19.1. The number of hydrogen-bond acceptors (Lipinski definition) is 6. The first-order valence-electron chi connectivity index (χ1n) is 8.32. The minimum atomic E-state index is -0.108. The van der Waals surface area contributed by atoms with Gasteiger partial charge in [-0.2, -0.15) is 0 Å². The van der Waals surface area contributed by atoms with E-state index in [9.17, 15) is 4.79 Å². The maximum atomic E-state index is 12.1. The Kier molecular flexibility index (Phi) is 6.32. The number of furan rings is 1. The lowest BCUT2D eigenvalue weighted by atomic mass is 10.2. The fraction of sp³-hybridized carbons (Fsp3) is 0.211. The number of benzene rings is 1. The number of rotatable bonds is 9. The Morgan fingerprint density at radius 2 is 2.19 bits per heavy atom. The number of para-hydroxylation sites is 1. The third-order valence-electron chi connectivity index (χ3n) is 3.75. The molecule has 8 heteroatoms. The van der Waals surface area contributed by atoms with Gasteiger partial charge in [0.25, 0.3) is 0 Å². The van der Waals surface area contributed by atoms with Crippen LogP contribution in [0.3, 0.4) is 0 Å². The zero-order valence-electron chi connectivity index (χ0n) is 14.9. The van der Waals surface area contributed by atoms with Gasteiger partial charge in [-0.15, -0.1) is 16.8 Å². The monoisotopic (exact) mass is 384 g/mol. The molecule has 0 aliphatic carbocycles. The Morgan fingerprint density at radius 1 is 1.33 bits per heavy atom. The van der Waals surface area contributed by atoms with Crippen molar-refractivity contribution in [2.75, 3.05) is 12.9 Å². The number of allylic oxidation sites excluding steroid dienone is 1. The lowest BCUT2D eigenvalue weighted by Gasteiger charge is -2.10. The average molecular weight is 384 g/mol. The van der Waals surface area contributed by atoms with Crippen LogP contribution in [0.4, 0.5) is 0 Å². The van der Waals surface area contributed by atoms with Crippen molar-refractivity contribution in [1.29, 1.82) is 0 Å². The van der Waals surface area contributed by atoms with E-state index in [0.717, 1.165) is 5.56 Å². The molecule has 140 valence electrons. The third-order valence-corrected chi connectivity index (χ3v) is 4.72. The lowest BCUT2D eigenvalue weighted by Crippen LogP contribution is -2.24. The molecule has 7 nitrogen and oxygen atoms in total. The number of nitrogens with zero attached hydrogens (tertiary/aromatic N) is 3. The highest BCUT2D eigenvalue weighted by Gasteiger charge is 2.17. The van der Waals surface area contributed by atoms with Gasteiger partial charge < -0.3 is 14.5 Å². The van der Waals surface area contributed by atoms with Gasteiger partial charge in [0.2, 0.25) is 5.91 Å². The number of amides is 1. The molecule has 0 aliphatic rings. The molecule has 0 saturated heterocycles. The standard InChI is InChI=1S/C19H20N4O3S/c1-3-10-23-18(15-8-4-5-9-16(15)25-2)21-22-19(23)27-13-17(24)20-12-14-7-6-11-26-14/h3-9,11H,1,10,12-13H2,2H3,(H,20,24). The Labute approximate surface area is 161 Å². The molecular formula is C19H20N4O3S. The first-order chi connectivity index (χ1) is 13.2. The number of hydrogen-bond donors (Lipinski definition) is 1. The molecule has 1 aromatic carbocycles. The molecule has 2 heterocycles. The molecule has 3 aromatic rings. The van der Waals surface area contributed by atoms with E-state index < -0.39 is 0 Å². The summed E-state index contributed by atoms with van der Waals surface area (Å²) in [6.07, 6.45) is 3.34. The van der Waals surface area contributed by atoms with E-state index in [1.54, 1.807) is 25.5 Å². The minimum absolute atomic E-state index is 0.108. The second kappa shape index (κ2) is 9.09. The molecule has 0 bridgehead atoms. The van der Waals surface area contributed by atoms with Gasteiger partial charge in [-0.1, -0.05) is 30.0 Å². The van der Waals surface area contributed by atoms with Crippen LogP contribution in [0.5, 0.6) is 5.75 Å². The number of carbonyl (C=O) groups is 1. The van der Waals surface area contributed by atoms with Gasteiger partial charge in [-0.3, -0.25) is 9.36 Å². The van der Waals surface area contributed by atoms with Crippen LogP contribution in [0.15, 0.2) is 64.9 Å². The Morgan fingerprint density at radius 3 is 2.93 bits per heavy atom. The smallest absolute Gasteiger partial charge is 0.230 e. The predicted molar refractivity (Wildman–Crippen MR) is 103 cm³/mol. The Hall–Kier alpha value is -3.00. The summed E-state index contributed by atoms with van der Waals surface area (Å²) in [5.41, 5.74) is 0.837. The van der Waals surface area contributed by atoms with Crippen LogP contribution in [-0.4, -0.2) is 33.5 Å². The van der Waals surface area contributed by atoms with E-state index in [1.165, 1.54) is 11.8 Å². The number of nitrogens with one attached hydrogen (secondary N) is 1. The topological polar surface area (TPSA) is 82.2 Å². The SMILES string of the molecule is C=CCn1c(SCC(=O)NCc2ccco2)nnc1-c1ccccc1OC. The second-order valence-corrected chi connectivity index (χ2v) is 6.49. The molecule has 3 rings (SSSR count). The van der Waals surface area contributed by atoms with Crippen LogP contribution >= 0.6 is 11.8 Å². The highest BCUT2D eigenvalue weighted by molar-refractivity contribution is 7.99. The molecule has 2 aromatic heterocycles. The summed E-state index contributed by atoms with van der Waals surface area (Å²) in [5, 5.41) is 12.0. The van der Waals surface area contributed by atoms with E-state index in [1.807, 2.05) is 34.9 Å². The van der Waals surface area contributed by atoms with Crippen molar-refractivity contribution in [1.82, 2.24) is 20.1 Å². The van der Waals surface area contributed by atoms with Crippen LogP contribution in [0, 0.1) is 0 Å². The van der Waals surface area contributed by atoms with Gasteiger partial charge in [0.1, 0.15) is 11.5 Å². The van der Waals surface area contributed by atoms with E-state index in [2.05, 4.69) is 22.1 Å². The van der Waals surface area contributed by atoms with Crippen molar-refractivity contribution < 1.29 is 13.9 Å². The van der Waals surface area contributed by atoms with Crippen molar-refractivity contribution in [3.05, 3.63) is 61.1 Å². The van der Waals surface area contributed by atoms with Crippen LogP contribution in [0.1, 0.15) is 5.76 Å². The molecule has 0 spiro atoms. The highest BCUT2D eigenvalue weighted by Crippen LogP contribution is 2.30. The number of ether oxygens (including phenoxy) is 1. The van der Waals surface area contributed by atoms with Crippen molar-refractivity contribution in [3.8, 4) is 17.1 Å². The summed E-state index contributed by atoms with van der Waals surface area (Å²) in [6, 6.07) is 11.2. The molecule has 0 atom stereocenters. The van der Waals surface area contributed by atoms with Gasteiger partial charge in [0, 0.05) is 6.54 Å². The maximum Gasteiger partial charge on any atom is 0.230 e. The molecule has 0 aliphatic heterocycles. The van der Waals surface area contributed by atoms with E-state index in [4.69, 9.17) is 9.15 Å². The summed E-state index contributed by atoms with van der Waals surface area (Å²) >= 11 is 1.32. The summed E-state index contributed by atoms with van der Waals surface area (Å²) < 4.78 is 12.5. The van der Waals surface area contributed by atoms with Crippen LogP contribution in [0.25, 0.3) is 11.4 Å². The molecule has 0 fully saturated rings. The molecule has 0 unspecified atom stereocenters. The summed E-state index contributed by atoms with van der Waals surface area (Å²) in [5.74, 6) is 2.21. The van der Waals surface area contributed by atoms with Crippen molar-refractivity contribution in [2.24, 2.45) is 0 Å². The summed E-state index contributed by atoms with van der Waals surface area (Å²) in [7, 11) is 1.62. The Bertz CT molecular complexity index is 906. The quantitative estimate of drug-likeness (QED) is 0.451. The Balaban J connectivity index is 1.71. The van der Waals surface area contributed by atoms with E-state index >= 15 is 0 Å². The molecular weight excluding hydrogens is 364 g/mol. The van der Waals surface area contributed by atoms with Crippen LogP contribution in [-0.2, 0) is 17.9 Å². The fourth-order valence-corrected chi connectivity index (χ4v) is 3.28. The highest BCUT2D eigenvalue weighted by atomic mass is 32.2. The molecule has 1 N–H and O–H groups in total. The van der Waals surface area contributed by atoms with Crippen LogP contribution in [0.2, 0.25) is 0 Å². The number of methoxy groups -OCH3 is 1. The molecule has 27 heavy (non-hydrogen) atoms. The first kappa shape index (κ1) is 18.8. The summed E-state index contributed by atoms with van der Waals surface area (Å²) in [6.45, 7) is 4.68. The molecule has 0 saturated carbocycles. The third kappa shape index (κ3) is 4.59. The van der Waals surface area contributed by atoms with Crippen molar-refractivity contribution in [3.63, 3.8) is 0 Å². The zero-order valence-corrected chi connectivity index (χ0v) is 15.7. The first-order valence-corrected chi connectivity index (χ1v) is 9.31. The van der Waals surface area contributed by atoms with Gasteiger partial charge in [-0.25, -0.2) is 0 Å². The van der Waals surface area contributed by atoms with E-state index in [0.29, 0.717) is 35.6 Å². The van der Waals surface area contributed by atoms with Gasteiger partial charge in [-0.05, 0) is 24.3 Å². The summed E-state index contributed by atoms with van der Waals surface area (Å²) in [4.78, 5) is 12.1. The minimum Gasteiger partial charge on any atom is -0.496 e. The number of carbonyl (C=O) groups excluding carboxylic acids is 1. The van der Waals surface area contributed by atoms with Gasteiger partial charge in [0.05, 0.1) is 31.2 Å². The van der Waals surface area contributed by atoms with Gasteiger partial charge in [0.15, 0.2) is 11.0 Å². The van der Waals surface area contributed by atoms with Crippen molar-refractivity contribution >= 4 is 17.7 Å². The largest absolute Gasteiger partial charge is 0.496 e. The molecule has 1 amide bonds. The second-order valence-electron chi connectivity index (χ2n) is 5.55. The fourth-order valence-electron chi connectivity index (χ4n) is 2.50. The number of aromatic nitrogens is 3. The predicted octanol–water partition coefficient (Wildman–Crippen LogP) is 3.14. The average Bonchev–Trinajstić information content (AvgIpc) is 3.35. The lowest BCUT2D eigenvalue weighted by molar-refractivity contribution is -0.118. The van der Waals surface area contributed by atoms with Crippen molar-refractivity contribution in [2.45, 2.75) is 18.2 Å². The normalized spacial score (nSPS) is 10.6. The van der Waals surface area contributed by atoms with Gasteiger partial charge >= 0.3 is 0 Å². The maximum absolute atomic E-state index is 12.1. The molecule has 0 radical (unpaired) electrons. The van der Waals surface area contributed by atoms with Crippen LogP contribution < -0.4 is 10.1 Å². The number of thioether (sulfide) groups is 1.